The molecule has 29 heavy (non-hydrogen) atoms. The lowest BCUT2D eigenvalue weighted by Crippen LogP contribution is -2.51. The summed E-state index contributed by atoms with van der Waals surface area (Å²) in [4.78, 5) is 11.9. The number of hydroxylamine groups is 2. The Morgan fingerprint density at radius 1 is 1.24 bits per heavy atom. The molecule has 172 valence electrons. The molecule has 0 aromatic rings. The summed E-state index contributed by atoms with van der Waals surface area (Å²) < 4.78 is 39.4. The zero-order valence-corrected chi connectivity index (χ0v) is 23.6. The number of halogens is 3. The van der Waals surface area contributed by atoms with Gasteiger partial charge < -0.3 is 21.4 Å². The van der Waals surface area contributed by atoms with Gasteiger partial charge >= 0.3 is 7.75 Å². The smallest absolute Gasteiger partial charge is 0.531 e. The van der Waals surface area contributed by atoms with Gasteiger partial charge in [-0.05, 0) is 6.92 Å². The van der Waals surface area contributed by atoms with E-state index >= 15 is 0 Å². The highest BCUT2D eigenvalue weighted by Gasteiger charge is 2.49. The van der Waals surface area contributed by atoms with Gasteiger partial charge in [-0.1, -0.05) is 22.6 Å². The van der Waals surface area contributed by atoms with Crippen LogP contribution in [0.3, 0.4) is 0 Å². The summed E-state index contributed by atoms with van der Waals surface area (Å²) in [5, 5.41) is 15.6. The molecule has 1 aliphatic heterocycles. The van der Waals surface area contributed by atoms with E-state index in [1.807, 2.05) is 6.92 Å². The van der Waals surface area contributed by atoms with Crippen molar-refractivity contribution in [2.75, 3.05) is 57.0 Å². The van der Waals surface area contributed by atoms with E-state index in [0.717, 1.165) is 4.43 Å². The molecule has 10 nitrogen and oxygen atoms in total. The van der Waals surface area contributed by atoms with Gasteiger partial charge in [0.05, 0.1) is 52.2 Å². The lowest BCUT2D eigenvalue weighted by molar-refractivity contribution is -0.815. The SMILES string of the molecule is CC(CC(=O)CNCCOP(=O)(OCC(COI)OI)[N+]1([O-])CCC1)OCCI. The molecule has 0 aromatic carbocycles. The molecular formula is C15H28I3N2O8P. The minimum Gasteiger partial charge on any atom is -0.626 e. The molecule has 1 N–H and O–H groups in total. The number of hydrogen-bond donors (Lipinski definition) is 1. The lowest BCUT2D eigenvalue weighted by atomic mass is 10.2. The first-order valence-electron chi connectivity index (χ1n) is 9.19. The molecule has 3 unspecified atom stereocenters. The average molecular weight is 776 g/mol. The Morgan fingerprint density at radius 3 is 2.52 bits per heavy atom. The van der Waals surface area contributed by atoms with E-state index < -0.39 is 18.3 Å². The van der Waals surface area contributed by atoms with E-state index in [9.17, 15) is 14.6 Å². The van der Waals surface area contributed by atoms with Gasteiger partial charge in [-0.3, -0.25) is 18.3 Å². The van der Waals surface area contributed by atoms with Crippen LogP contribution in [-0.4, -0.2) is 79.4 Å². The normalized spacial score (nSPS) is 19.9. The Labute approximate surface area is 213 Å². The van der Waals surface area contributed by atoms with Crippen LogP contribution in [-0.2, 0) is 29.3 Å². The maximum absolute atomic E-state index is 13.1. The average Bonchev–Trinajstić information content (AvgIpc) is 2.67. The standard InChI is InChI=1S/C15H28I3N2O8P/c1-13(24-7-3-16)9-14(21)10-19-4-8-26-29(23,20(22)5-2-6-20)27-12-15(28-18)11-25-17/h13,15,19H,2-12H2,1H3. The molecular weight excluding hydrogens is 748 g/mol. The van der Waals surface area contributed by atoms with Gasteiger partial charge in [-0.15, -0.1) is 0 Å². The van der Waals surface area contributed by atoms with E-state index in [-0.39, 0.29) is 57.9 Å². The van der Waals surface area contributed by atoms with Gasteiger partial charge in [0.1, 0.15) is 57.9 Å². The summed E-state index contributed by atoms with van der Waals surface area (Å²) in [7, 11) is -3.93. The summed E-state index contributed by atoms with van der Waals surface area (Å²) >= 11 is 5.64. The van der Waals surface area contributed by atoms with Crippen molar-refractivity contribution in [2.45, 2.75) is 32.0 Å². The first kappa shape index (κ1) is 28.8. The Hall–Kier alpha value is 1.77. The van der Waals surface area contributed by atoms with Gasteiger partial charge in [0.15, 0.2) is 0 Å². The number of rotatable bonds is 18. The third kappa shape index (κ3) is 10.5. The molecule has 1 heterocycles. The fourth-order valence-electron chi connectivity index (χ4n) is 2.43. The molecule has 1 fully saturated rings. The van der Waals surface area contributed by atoms with Crippen LogP contribution >= 0.6 is 76.3 Å². The van der Waals surface area contributed by atoms with Crippen molar-refractivity contribution in [3.63, 3.8) is 0 Å². The second-order valence-corrected chi connectivity index (χ2v) is 10.9. The molecule has 3 atom stereocenters. The predicted molar refractivity (Wildman–Crippen MR) is 133 cm³/mol. The van der Waals surface area contributed by atoms with E-state index in [1.54, 1.807) is 46.0 Å². The van der Waals surface area contributed by atoms with Crippen molar-refractivity contribution in [2.24, 2.45) is 0 Å². The minimum absolute atomic E-state index is 0.00771. The van der Waals surface area contributed by atoms with Crippen molar-refractivity contribution in [1.29, 1.82) is 0 Å². The third-order valence-electron chi connectivity index (χ3n) is 4.11. The number of alkyl halides is 1. The Kier molecular flexibility index (Phi) is 15.5. The van der Waals surface area contributed by atoms with Crippen LogP contribution in [0.5, 0.6) is 0 Å². The summed E-state index contributed by atoms with van der Waals surface area (Å²) in [5.41, 5.74) is 0. The molecule has 0 radical (unpaired) electrons. The first-order valence-corrected chi connectivity index (χ1v) is 14.0. The number of carbonyl (C=O) groups is 1. The summed E-state index contributed by atoms with van der Waals surface area (Å²) in [6.07, 6.45) is 0.404. The number of hydrogen-bond acceptors (Lipinski definition) is 9. The fourth-order valence-corrected chi connectivity index (χ4v) is 5.32. The highest BCUT2D eigenvalue weighted by molar-refractivity contribution is 14.1. The van der Waals surface area contributed by atoms with Gasteiger partial charge in [0.2, 0.25) is 0 Å². The Bertz CT molecular complexity index is 530. The van der Waals surface area contributed by atoms with Gasteiger partial charge in [-0.25, -0.2) is 4.57 Å². The Morgan fingerprint density at radius 2 is 1.97 bits per heavy atom. The van der Waals surface area contributed by atoms with E-state index in [2.05, 4.69) is 27.9 Å². The fraction of sp³-hybridized carbons (Fsp3) is 0.933. The molecule has 0 spiro atoms. The summed E-state index contributed by atoms with van der Waals surface area (Å²) in [6, 6.07) is 0. The van der Waals surface area contributed by atoms with Crippen LogP contribution in [0.1, 0.15) is 19.8 Å². The van der Waals surface area contributed by atoms with Gasteiger partial charge in [0.25, 0.3) is 0 Å². The van der Waals surface area contributed by atoms with Crippen molar-refractivity contribution in [1.82, 2.24) is 5.32 Å². The van der Waals surface area contributed by atoms with E-state index in [0.29, 0.717) is 19.4 Å². The molecule has 14 heteroatoms. The molecule has 1 aliphatic rings. The quantitative estimate of drug-likeness (QED) is 0.0737. The molecule has 0 aromatic heterocycles. The van der Waals surface area contributed by atoms with E-state index in [4.69, 9.17) is 19.9 Å². The van der Waals surface area contributed by atoms with E-state index in [1.165, 1.54) is 0 Å². The number of ether oxygens (including phenoxy) is 1. The summed E-state index contributed by atoms with van der Waals surface area (Å²) in [6.45, 7) is 3.43. The number of nitrogens with one attached hydrogen (secondary N) is 1. The number of ketones is 1. The first-order chi connectivity index (χ1) is 13.8. The van der Waals surface area contributed by atoms with Crippen LogP contribution < -0.4 is 5.32 Å². The number of quaternary nitrogens is 1. The maximum atomic E-state index is 13.1. The predicted octanol–water partition coefficient (Wildman–Crippen LogP) is 3.34. The van der Waals surface area contributed by atoms with Crippen molar-refractivity contribution in [3.05, 3.63) is 5.21 Å². The largest absolute Gasteiger partial charge is 0.626 e. The second-order valence-electron chi connectivity index (χ2n) is 6.52. The monoisotopic (exact) mass is 776 g/mol. The highest BCUT2D eigenvalue weighted by atomic mass is 127. The maximum Gasteiger partial charge on any atom is 0.531 e. The van der Waals surface area contributed by atoms with Crippen molar-refractivity contribution >= 4 is 82.1 Å². The molecule has 1 saturated heterocycles. The minimum atomic E-state index is -3.93. The molecule has 0 saturated carbocycles. The molecule has 0 aliphatic carbocycles. The van der Waals surface area contributed by atoms with Gasteiger partial charge in [0, 0.05) is 23.8 Å². The third-order valence-corrected chi connectivity index (χ3v) is 7.91. The number of nitrogens with zero attached hydrogens (tertiary/aromatic N) is 1. The van der Waals surface area contributed by atoms with Crippen LogP contribution in [0.15, 0.2) is 0 Å². The van der Waals surface area contributed by atoms with Crippen molar-refractivity contribution < 1.29 is 33.7 Å². The number of Topliss-reactive ketones (excluding diaryl/α,β-unsaturated/α-hetero) is 1. The second kappa shape index (κ2) is 15.6. The number of carbonyl (C=O) groups excluding carboxylic acids is 1. The lowest BCUT2D eigenvalue weighted by Gasteiger charge is -2.50. The Balaban J connectivity index is 2.39. The van der Waals surface area contributed by atoms with Crippen LogP contribution in [0.4, 0.5) is 0 Å². The molecule has 1 rings (SSSR count). The van der Waals surface area contributed by atoms with Crippen molar-refractivity contribution in [3.8, 4) is 0 Å². The topological polar surface area (TPSA) is 115 Å². The van der Waals surface area contributed by atoms with Crippen LogP contribution in [0.2, 0.25) is 0 Å². The molecule has 0 bridgehead atoms. The van der Waals surface area contributed by atoms with Crippen LogP contribution in [0.25, 0.3) is 0 Å². The zero-order chi connectivity index (χ0) is 21.8. The van der Waals surface area contributed by atoms with Crippen LogP contribution in [0, 0.1) is 5.21 Å². The van der Waals surface area contributed by atoms with Gasteiger partial charge in [-0.2, -0.15) is 0 Å². The highest BCUT2D eigenvalue weighted by Crippen LogP contribution is 2.60. The summed E-state index contributed by atoms with van der Waals surface area (Å²) in [5.74, 6) is 0.0151. The zero-order valence-electron chi connectivity index (χ0n) is 16.2. The molecule has 0 amide bonds.